The number of rotatable bonds is 1. The highest BCUT2D eigenvalue weighted by Crippen LogP contribution is 2.29. The molecule has 0 atom stereocenters. The molecule has 0 N–H and O–H groups in total. The Bertz CT molecular complexity index is 796. The summed E-state index contributed by atoms with van der Waals surface area (Å²) in [5.74, 6) is 1.33. The number of nitrogens with zero attached hydrogens (tertiary/aromatic N) is 2. The van der Waals surface area contributed by atoms with E-state index >= 15 is 0 Å². The summed E-state index contributed by atoms with van der Waals surface area (Å²) in [5.41, 5.74) is 6.92. The predicted octanol–water partition coefficient (Wildman–Crippen LogP) is 3.00. The maximum Gasteiger partial charge on any atom is 0.289 e. The molecule has 0 saturated heterocycles. The highest BCUT2D eigenvalue weighted by molar-refractivity contribution is 5.80. The fraction of sp³-hybridized carbons (Fsp3) is 0.235. The topological polar surface area (TPSA) is 8.81 Å². The monoisotopic (exact) mass is 249 g/mol. The van der Waals surface area contributed by atoms with Crippen LogP contribution in [0.4, 0.5) is 0 Å². The Morgan fingerprint density at radius 3 is 2.74 bits per heavy atom. The zero-order valence-electron chi connectivity index (χ0n) is 11.4. The van der Waals surface area contributed by atoms with Crippen LogP contribution in [0, 0.1) is 6.92 Å². The second kappa shape index (κ2) is 3.70. The standard InChI is InChI=1S/C17H17N2/c1-12-6-3-4-8-14(12)17-18(2)15-9-5-7-13-10-11-19(17)16(13)15/h3-9H,10-11H2,1-2H3/q+1. The Labute approximate surface area is 112 Å². The van der Waals surface area contributed by atoms with E-state index in [4.69, 9.17) is 0 Å². The molecule has 2 nitrogen and oxygen atoms in total. The summed E-state index contributed by atoms with van der Waals surface area (Å²) in [6.07, 6.45) is 1.16. The summed E-state index contributed by atoms with van der Waals surface area (Å²) in [5, 5.41) is 0. The number of imidazole rings is 1. The molecule has 1 aliphatic heterocycles. The molecule has 0 spiro atoms. The Morgan fingerprint density at radius 2 is 1.89 bits per heavy atom. The van der Waals surface area contributed by atoms with Crippen LogP contribution in [0.1, 0.15) is 11.1 Å². The molecule has 4 rings (SSSR count). The first-order chi connectivity index (χ1) is 9.27. The van der Waals surface area contributed by atoms with E-state index in [-0.39, 0.29) is 0 Å². The van der Waals surface area contributed by atoms with Gasteiger partial charge in [-0.2, -0.15) is 0 Å². The molecule has 3 aromatic rings. The van der Waals surface area contributed by atoms with Crippen molar-refractivity contribution in [3.63, 3.8) is 0 Å². The van der Waals surface area contributed by atoms with Crippen LogP contribution in [0.2, 0.25) is 0 Å². The van der Waals surface area contributed by atoms with E-state index < -0.39 is 0 Å². The van der Waals surface area contributed by atoms with Gasteiger partial charge in [-0.15, -0.1) is 0 Å². The number of para-hydroxylation sites is 1. The van der Waals surface area contributed by atoms with Gasteiger partial charge >= 0.3 is 0 Å². The van der Waals surface area contributed by atoms with E-state index in [1.165, 1.54) is 33.5 Å². The molecule has 0 aliphatic carbocycles. The molecule has 0 unspecified atom stereocenters. The van der Waals surface area contributed by atoms with Crippen molar-refractivity contribution in [1.82, 2.24) is 4.57 Å². The smallest absolute Gasteiger partial charge is 0.226 e. The van der Waals surface area contributed by atoms with E-state index in [9.17, 15) is 0 Å². The Hall–Kier alpha value is -2.09. The van der Waals surface area contributed by atoms with E-state index in [2.05, 4.69) is 65.6 Å². The van der Waals surface area contributed by atoms with Crippen LogP contribution in [0.15, 0.2) is 42.5 Å². The quantitative estimate of drug-likeness (QED) is 0.586. The molecule has 19 heavy (non-hydrogen) atoms. The number of aryl methyl sites for hydroxylation is 4. The van der Waals surface area contributed by atoms with Crippen molar-refractivity contribution in [2.45, 2.75) is 19.9 Å². The third-order valence-corrected chi connectivity index (χ3v) is 4.29. The van der Waals surface area contributed by atoms with Crippen LogP contribution in [0.25, 0.3) is 22.4 Å². The third kappa shape index (κ3) is 1.34. The molecule has 2 heteroatoms. The first kappa shape index (κ1) is 10.8. The van der Waals surface area contributed by atoms with E-state index in [0.717, 1.165) is 13.0 Å². The lowest BCUT2D eigenvalue weighted by molar-refractivity contribution is -0.653. The van der Waals surface area contributed by atoms with Crippen molar-refractivity contribution >= 4 is 11.0 Å². The van der Waals surface area contributed by atoms with Crippen LogP contribution >= 0.6 is 0 Å². The Morgan fingerprint density at radius 1 is 1.05 bits per heavy atom. The van der Waals surface area contributed by atoms with Crippen molar-refractivity contribution in [1.29, 1.82) is 0 Å². The highest BCUT2D eigenvalue weighted by atomic mass is 15.2. The second-order valence-corrected chi connectivity index (χ2v) is 5.38. The average molecular weight is 249 g/mol. The van der Waals surface area contributed by atoms with Gasteiger partial charge in [-0.3, -0.25) is 0 Å². The maximum atomic E-state index is 2.48. The van der Waals surface area contributed by atoms with Crippen molar-refractivity contribution in [2.24, 2.45) is 7.05 Å². The molecule has 1 aromatic heterocycles. The summed E-state index contributed by atoms with van der Waals surface area (Å²) in [7, 11) is 2.18. The lowest BCUT2D eigenvalue weighted by Crippen LogP contribution is -2.33. The van der Waals surface area contributed by atoms with E-state index in [1.54, 1.807) is 0 Å². The first-order valence-corrected chi connectivity index (χ1v) is 6.83. The summed E-state index contributed by atoms with van der Waals surface area (Å²) in [6.45, 7) is 3.29. The highest BCUT2D eigenvalue weighted by Gasteiger charge is 2.30. The predicted molar refractivity (Wildman–Crippen MR) is 77.0 cm³/mol. The van der Waals surface area contributed by atoms with Crippen LogP contribution < -0.4 is 4.57 Å². The van der Waals surface area contributed by atoms with Crippen molar-refractivity contribution in [3.8, 4) is 11.4 Å². The van der Waals surface area contributed by atoms with Gasteiger partial charge in [0.1, 0.15) is 0 Å². The summed E-state index contributed by atoms with van der Waals surface area (Å²) in [4.78, 5) is 0. The van der Waals surface area contributed by atoms with Gasteiger partial charge in [0.05, 0.1) is 19.2 Å². The normalized spacial score (nSPS) is 13.4. The largest absolute Gasteiger partial charge is 0.289 e. The Kier molecular flexibility index (Phi) is 2.10. The number of hydrogen-bond donors (Lipinski definition) is 0. The van der Waals surface area contributed by atoms with Crippen molar-refractivity contribution in [3.05, 3.63) is 53.6 Å². The molecule has 0 fully saturated rings. The van der Waals surface area contributed by atoms with Gasteiger partial charge in [-0.1, -0.05) is 30.3 Å². The van der Waals surface area contributed by atoms with Crippen LogP contribution in [0.5, 0.6) is 0 Å². The van der Waals surface area contributed by atoms with Crippen LogP contribution in [-0.4, -0.2) is 4.57 Å². The molecule has 0 radical (unpaired) electrons. The minimum atomic E-state index is 1.10. The van der Waals surface area contributed by atoms with Crippen LogP contribution in [0.3, 0.4) is 0 Å². The van der Waals surface area contributed by atoms with E-state index in [1.807, 2.05) is 0 Å². The second-order valence-electron chi connectivity index (χ2n) is 5.38. The SMILES string of the molecule is Cc1ccccc1-c1n(C)c2cccc3c2[n+]1CC3. The van der Waals surface area contributed by atoms with Gasteiger partial charge in [0.25, 0.3) is 5.82 Å². The lowest BCUT2D eigenvalue weighted by atomic mass is 10.1. The zero-order chi connectivity index (χ0) is 13.0. The van der Waals surface area contributed by atoms with Gasteiger partial charge < -0.3 is 0 Å². The fourth-order valence-electron chi connectivity index (χ4n) is 3.36. The summed E-state index contributed by atoms with van der Waals surface area (Å²) >= 11 is 0. The lowest BCUT2D eigenvalue weighted by Gasteiger charge is -2.04. The Balaban J connectivity index is 2.14. The minimum absolute atomic E-state index is 1.10. The minimum Gasteiger partial charge on any atom is -0.226 e. The van der Waals surface area contributed by atoms with Gasteiger partial charge in [-0.05, 0) is 24.6 Å². The molecular formula is C17H17N2+. The van der Waals surface area contributed by atoms with Crippen molar-refractivity contribution in [2.75, 3.05) is 0 Å². The molecule has 0 amide bonds. The molecule has 1 aliphatic rings. The van der Waals surface area contributed by atoms with Crippen molar-refractivity contribution < 1.29 is 4.57 Å². The van der Waals surface area contributed by atoms with Gasteiger partial charge in [0.2, 0.25) is 0 Å². The summed E-state index contributed by atoms with van der Waals surface area (Å²) in [6, 6.07) is 15.3. The van der Waals surface area contributed by atoms with Gasteiger partial charge in [0.15, 0.2) is 11.0 Å². The van der Waals surface area contributed by atoms with Crippen LogP contribution in [-0.2, 0) is 20.0 Å². The summed E-state index contributed by atoms with van der Waals surface area (Å²) < 4.78 is 4.81. The van der Waals surface area contributed by atoms with Gasteiger partial charge in [-0.25, -0.2) is 9.13 Å². The molecular weight excluding hydrogens is 232 g/mol. The fourth-order valence-corrected chi connectivity index (χ4v) is 3.36. The molecule has 94 valence electrons. The third-order valence-electron chi connectivity index (χ3n) is 4.29. The maximum absolute atomic E-state index is 2.48. The number of hydrogen-bond acceptors (Lipinski definition) is 0. The number of benzene rings is 2. The molecule has 0 bridgehead atoms. The average Bonchev–Trinajstić information content (AvgIpc) is 2.96. The van der Waals surface area contributed by atoms with E-state index in [0.29, 0.717) is 0 Å². The molecule has 0 saturated carbocycles. The molecule has 2 heterocycles. The van der Waals surface area contributed by atoms with Gasteiger partial charge in [0, 0.05) is 12.0 Å². The molecule has 2 aromatic carbocycles. The number of aromatic nitrogens is 2. The first-order valence-electron chi connectivity index (χ1n) is 6.83. The zero-order valence-corrected chi connectivity index (χ0v) is 11.4.